The molecule has 0 N–H and O–H groups in total. The molecule has 0 aromatic rings. The minimum Gasteiger partial charge on any atom is -0.462 e. The zero-order valence-electron chi connectivity index (χ0n) is 12.8. The molecule has 6 nitrogen and oxygen atoms in total. The summed E-state index contributed by atoms with van der Waals surface area (Å²) in [5, 5.41) is 0. The largest absolute Gasteiger partial charge is 0.462 e. The zero-order valence-corrected chi connectivity index (χ0v) is 12.8. The Hall–Kier alpha value is -1.72. The first-order valence-corrected chi connectivity index (χ1v) is 6.46. The van der Waals surface area contributed by atoms with E-state index < -0.39 is 47.5 Å². The Labute approximate surface area is 118 Å². The van der Waals surface area contributed by atoms with Crippen molar-refractivity contribution in [2.75, 3.05) is 0 Å². The van der Waals surface area contributed by atoms with Gasteiger partial charge in [-0.25, -0.2) is 0 Å². The normalized spacial score (nSPS) is 11.4. The van der Waals surface area contributed by atoms with Gasteiger partial charge in [0.15, 0.2) is 5.78 Å². The van der Waals surface area contributed by atoms with E-state index in [-0.39, 0.29) is 0 Å². The van der Waals surface area contributed by atoms with Crippen molar-refractivity contribution < 1.29 is 28.7 Å². The highest BCUT2D eigenvalue weighted by Crippen LogP contribution is 2.25. The molecule has 20 heavy (non-hydrogen) atoms. The van der Waals surface area contributed by atoms with Crippen LogP contribution in [0.15, 0.2) is 0 Å². The molecular formula is C14H22O6. The Morgan fingerprint density at radius 3 is 1.50 bits per heavy atom. The molecule has 0 fully saturated rings. The lowest BCUT2D eigenvalue weighted by atomic mass is 9.83. The molecular weight excluding hydrogens is 264 g/mol. The number of esters is 2. The molecule has 0 saturated heterocycles. The monoisotopic (exact) mass is 286 g/mol. The van der Waals surface area contributed by atoms with Crippen molar-refractivity contribution in [1.29, 1.82) is 0 Å². The summed E-state index contributed by atoms with van der Waals surface area (Å²) in [5.74, 6) is -3.24. The van der Waals surface area contributed by atoms with Gasteiger partial charge in [0.25, 0.3) is 0 Å². The van der Waals surface area contributed by atoms with Crippen LogP contribution in [0.1, 0.15) is 48.0 Å². The predicted molar refractivity (Wildman–Crippen MR) is 70.9 cm³/mol. The van der Waals surface area contributed by atoms with E-state index in [0.717, 1.165) is 6.92 Å². The number of rotatable bonds is 7. The summed E-state index contributed by atoms with van der Waals surface area (Å²) in [6.07, 6.45) is -1.49. The standard InChI is InChI=1S/C14H22O6/c1-8(2)19-12(17)14(6,11(16)7-10(5)15)13(18)20-9(3)4/h8-9H,7H2,1-6H3. The molecule has 0 saturated carbocycles. The Bertz CT molecular complexity index is 386. The van der Waals surface area contributed by atoms with E-state index in [9.17, 15) is 19.2 Å². The molecule has 0 aromatic carbocycles. The van der Waals surface area contributed by atoms with E-state index in [2.05, 4.69) is 0 Å². The third kappa shape index (κ3) is 4.75. The Kier molecular flexibility index (Phi) is 6.55. The van der Waals surface area contributed by atoms with Gasteiger partial charge in [-0.1, -0.05) is 0 Å². The van der Waals surface area contributed by atoms with Crippen molar-refractivity contribution in [3.05, 3.63) is 0 Å². The molecule has 0 aliphatic rings. The molecule has 0 radical (unpaired) electrons. The molecule has 0 heterocycles. The second-order valence-corrected chi connectivity index (χ2v) is 5.34. The van der Waals surface area contributed by atoms with E-state index in [1.54, 1.807) is 27.7 Å². The molecule has 0 unspecified atom stereocenters. The van der Waals surface area contributed by atoms with Crippen molar-refractivity contribution in [3.8, 4) is 0 Å². The van der Waals surface area contributed by atoms with Crippen LogP contribution < -0.4 is 0 Å². The Balaban J connectivity index is 5.42. The maximum absolute atomic E-state index is 12.1. The summed E-state index contributed by atoms with van der Waals surface area (Å²) in [6, 6.07) is 0. The van der Waals surface area contributed by atoms with Gasteiger partial charge in [-0.2, -0.15) is 0 Å². The van der Waals surface area contributed by atoms with Crippen molar-refractivity contribution in [2.45, 2.75) is 60.2 Å². The molecule has 0 spiro atoms. The van der Waals surface area contributed by atoms with Gasteiger partial charge in [-0.15, -0.1) is 0 Å². The van der Waals surface area contributed by atoms with Crippen LogP contribution in [0.4, 0.5) is 0 Å². The summed E-state index contributed by atoms with van der Waals surface area (Å²) in [4.78, 5) is 47.3. The summed E-state index contributed by atoms with van der Waals surface area (Å²) in [7, 11) is 0. The van der Waals surface area contributed by atoms with Crippen LogP contribution in [0.5, 0.6) is 0 Å². The number of hydrogen-bond donors (Lipinski definition) is 0. The highest BCUT2D eigenvalue weighted by atomic mass is 16.6. The number of Topliss-reactive ketones (excluding diaryl/α,β-unsaturated/α-hetero) is 2. The number of ether oxygens (including phenoxy) is 2. The van der Waals surface area contributed by atoms with E-state index in [1.165, 1.54) is 6.92 Å². The third-order valence-corrected chi connectivity index (χ3v) is 2.47. The molecule has 0 amide bonds. The van der Waals surface area contributed by atoms with Crippen LogP contribution in [0, 0.1) is 5.41 Å². The van der Waals surface area contributed by atoms with Crippen molar-refractivity contribution in [3.63, 3.8) is 0 Å². The minimum absolute atomic E-state index is 0.434. The maximum Gasteiger partial charge on any atom is 0.331 e. The van der Waals surface area contributed by atoms with Gasteiger partial charge in [0, 0.05) is 0 Å². The van der Waals surface area contributed by atoms with Crippen LogP contribution in [0.25, 0.3) is 0 Å². The second kappa shape index (κ2) is 7.17. The summed E-state index contributed by atoms with van der Waals surface area (Å²) in [6.45, 7) is 8.74. The third-order valence-electron chi connectivity index (χ3n) is 2.47. The lowest BCUT2D eigenvalue weighted by Gasteiger charge is -2.25. The first-order valence-electron chi connectivity index (χ1n) is 6.46. The van der Waals surface area contributed by atoms with Gasteiger partial charge in [0.1, 0.15) is 5.78 Å². The van der Waals surface area contributed by atoms with Crippen LogP contribution in [-0.4, -0.2) is 35.7 Å². The van der Waals surface area contributed by atoms with Crippen molar-refractivity contribution >= 4 is 23.5 Å². The SMILES string of the molecule is CC(=O)CC(=O)C(C)(C(=O)OC(C)C)C(=O)OC(C)C. The second-order valence-electron chi connectivity index (χ2n) is 5.34. The number of carbonyl (C=O) groups excluding carboxylic acids is 4. The smallest absolute Gasteiger partial charge is 0.331 e. The van der Waals surface area contributed by atoms with Crippen LogP contribution in [0.3, 0.4) is 0 Å². The average molecular weight is 286 g/mol. The summed E-state index contributed by atoms with van der Waals surface area (Å²) in [5.41, 5.74) is -2.11. The summed E-state index contributed by atoms with van der Waals surface area (Å²) < 4.78 is 9.90. The molecule has 0 rings (SSSR count). The van der Waals surface area contributed by atoms with Gasteiger partial charge in [0.05, 0.1) is 18.6 Å². The molecule has 0 aliphatic carbocycles. The summed E-state index contributed by atoms with van der Waals surface area (Å²) >= 11 is 0. The molecule has 0 atom stereocenters. The van der Waals surface area contributed by atoms with Crippen molar-refractivity contribution in [1.82, 2.24) is 0 Å². The van der Waals surface area contributed by atoms with E-state index in [4.69, 9.17) is 9.47 Å². The predicted octanol–water partition coefficient (Wildman–Crippen LogP) is 1.44. The highest BCUT2D eigenvalue weighted by Gasteiger charge is 2.51. The van der Waals surface area contributed by atoms with E-state index >= 15 is 0 Å². The first kappa shape index (κ1) is 18.3. The van der Waals surface area contributed by atoms with Gasteiger partial charge >= 0.3 is 11.9 Å². The molecule has 0 aliphatic heterocycles. The fourth-order valence-corrected chi connectivity index (χ4v) is 1.38. The topological polar surface area (TPSA) is 86.7 Å². The zero-order chi connectivity index (χ0) is 16.1. The lowest BCUT2D eigenvalue weighted by Crippen LogP contribution is -2.47. The molecule has 6 heteroatoms. The quantitative estimate of drug-likeness (QED) is 0.520. The molecule has 0 bridgehead atoms. The number of ketones is 2. The molecule has 114 valence electrons. The van der Waals surface area contributed by atoms with Crippen LogP contribution >= 0.6 is 0 Å². The Morgan fingerprint density at radius 1 is 0.900 bits per heavy atom. The maximum atomic E-state index is 12.1. The van der Waals surface area contributed by atoms with Gasteiger partial charge < -0.3 is 9.47 Å². The first-order chi connectivity index (χ1) is 9.01. The Morgan fingerprint density at radius 2 is 1.25 bits per heavy atom. The fraction of sp³-hybridized carbons (Fsp3) is 0.714. The van der Waals surface area contributed by atoms with Crippen LogP contribution in [0.2, 0.25) is 0 Å². The van der Waals surface area contributed by atoms with Gasteiger partial charge in [0.2, 0.25) is 5.41 Å². The van der Waals surface area contributed by atoms with Crippen LogP contribution in [-0.2, 0) is 28.7 Å². The van der Waals surface area contributed by atoms with Crippen molar-refractivity contribution in [2.24, 2.45) is 5.41 Å². The fourth-order valence-electron chi connectivity index (χ4n) is 1.38. The minimum atomic E-state index is -2.11. The number of carbonyl (C=O) groups is 4. The highest BCUT2D eigenvalue weighted by molar-refractivity contribution is 6.22. The molecule has 0 aromatic heterocycles. The van der Waals surface area contributed by atoms with Gasteiger partial charge in [-0.05, 0) is 41.5 Å². The van der Waals surface area contributed by atoms with E-state index in [1.807, 2.05) is 0 Å². The van der Waals surface area contributed by atoms with Gasteiger partial charge in [-0.3, -0.25) is 19.2 Å². The number of hydrogen-bond acceptors (Lipinski definition) is 6. The average Bonchev–Trinajstić information content (AvgIpc) is 2.24. The van der Waals surface area contributed by atoms with E-state index in [0.29, 0.717) is 0 Å². The lowest BCUT2D eigenvalue weighted by molar-refractivity contribution is -0.177.